The fourth-order valence-electron chi connectivity index (χ4n) is 3.24. The predicted octanol–water partition coefficient (Wildman–Crippen LogP) is 2.94. The number of nitrogens with one attached hydrogen (secondary N) is 2. The van der Waals surface area contributed by atoms with Gasteiger partial charge in [-0.25, -0.2) is 0 Å². The second-order valence-electron chi connectivity index (χ2n) is 7.28. The zero-order valence-electron chi connectivity index (χ0n) is 15.9. The molecule has 26 heavy (non-hydrogen) atoms. The molecule has 6 heteroatoms. The molecule has 144 valence electrons. The molecule has 2 amide bonds. The normalized spacial score (nSPS) is 16.6. The SMILES string of the molecule is CCNCC1CCN(C(=O)C(NC(=O)c2ccc(Cl)cc2)C(C)C)CC1. The van der Waals surface area contributed by atoms with Gasteiger partial charge in [0.2, 0.25) is 5.91 Å². The van der Waals surface area contributed by atoms with Crippen LogP contribution in [0.25, 0.3) is 0 Å². The van der Waals surface area contributed by atoms with Crippen molar-refractivity contribution in [3.8, 4) is 0 Å². The highest BCUT2D eigenvalue weighted by Crippen LogP contribution is 2.19. The number of carbonyl (C=O) groups is 2. The molecular formula is C20H30ClN3O2. The topological polar surface area (TPSA) is 61.4 Å². The van der Waals surface area contributed by atoms with Gasteiger partial charge in [0.15, 0.2) is 0 Å². The van der Waals surface area contributed by atoms with Crippen LogP contribution in [0.5, 0.6) is 0 Å². The molecule has 1 heterocycles. The Kier molecular flexibility index (Phi) is 7.91. The molecule has 1 aromatic rings. The van der Waals surface area contributed by atoms with Crippen LogP contribution < -0.4 is 10.6 Å². The summed E-state index contributed by atoms with van der Waals surface area (Å²) in [5.74, 6) is 0.429. The third kappa shape index (κ3) is 5.71. The number of hydrogen-bond donors (Lipinski definition) is 2. The van der Waals surface area contributed by atoms with Crippen molar-refractivity contribution >= 4 is 23.4 Å². The van der Waals surface area contributed by atoms with E-state index in [2.05, 4.69) is 17.6 Å². The maximum atomic E-state index is 13.0. The molecule has 1 aromatic carbocycles. The molecule has 1 atom stereocenters. The standard InChI is InChI=1S/C20H30ClN3O2/c1-4-22-13-15-9-11-24(12-10-15)20(26)18(14(2)3)23-19(25)16-5-7-17(21)8-6-16/h5-8,14-15,18,22H,4,9-13H2,1-3H3,(H,23,25). The second kappa shape index (κ2) is 9.93. The van der Waals surface area contributed by atoms with Crippen LogP contribution in [0.1, 0.15) is 44.0 Å². The van der Waals surface area contributed by atoms with Gasteiger partial charge in [-0.05, 0) is 62.0 Å². The van der Waals surface area contributed by atoms with Gasteiger partial charge >= 0.3 is 0 Å². The number of benzene rings is 1. The van der Waals surface area contributed by atoms with E-state index < -0.39 is 6.04 Å². The average Bonchev–Trinajstić information content (AvgIpc) is 2.64. The van der Waals surface area contributed by atoms with Crippen LogP contribution in [0.3, 0.4) is 0 Å². The molecule has 0 radical (unpaired) electrons. The Hall–Kier alpha value is -1.59. The molecule has 0 aromatic heterocycles. The molecule has 1 unspecified atom stereocenters. The summed E-state index contributed by atoms with van der Waals surface area (Å²) in [6, 6.07) is 6.19. The predicted molar refractivity (Wildman–Crippen MR) is 105 cm³/mol. The fourth-order valence-corrected chi connectivity index (χ4v) is 3.37. The van der Waals surface area contributed by atoms with Gasteiger partial charge in [-0.2, -0.15) is 0 Å². The summed E-state index contributed by atoms with van der Waals surface area (Å²) in [6.45, 7) is 9.54. The summed E-state index contributed by atoms with van der Waals surface area (Å²) >= 11 is 5.87. The molecule has 1 fully saturated rings. The number of likely N-dealkylation sites (tertiary alicyclic amines) is 1. The van der Waals surface area contributed by atoms with Gasteiger partial charge in [-0.3, -0.25) is 9.59 Å². The molecule has 1 aliphatic rings. The Morgan fingerprint density at radius 3 is 2.35 bits per heavy atom. The number of hydrogen-bond acceptors (Lipinski definition) is 3. The van der Waals surface area contributed by atoms with Gasteiger partial charge in [0.1, 0.15) is 6.04 Å². The maximum absolute atomic E-state index is 13.0. The lowest BCUT2D eigenvalue weighted by atomic mass is 9.95. The van der Waals surface area contributed by atoms with Crippen molar-refractivity contribution in [1.82, 2.24) is 15.5 Å². The van der Waals surface area contributed by atoms with Gasteiger partial charge in [0, 0.05) is 23.7 Å². The Bertz CT molecular complexity index is 596. The van der Waals surface area contributed by atoms with E-state index in [-0.39, 0.29) is 17.7 Å². The quantitative estimate of drug-likeness (QED) is 0.765. The first-order chi connectivity index (χ1) is 12.4. The zero-order valence-corrected chi connectivity index (χ0v) is 16.7. The summed E-state index contributed by atoms with van der Waals surface area (Å²) in [7, 11) is 0. The van der Waals surface area contributed by atoms with E-state index in [4.69, 9.17) is 11.6 Å². The van der Waals surface area contributed by atoms with E-state index in [1.807, 2.05) is 18.7 Å². The first-order valence-corrected chi connectivity index (χ1v) is 9.86. The van der Waals surface area contributed by atoms with Crippen LogP contribution in [0, 0.1) is 11.8 Å². The lowest BCUT2D eigenvalue weighted by Gasteiger charge is -2.35. The van der Waals surface area contributed by atoms with Gasteiger partial charge in [-0.15, -0.1) is 0 Å². The molecule has 2 rings (SSSR count). The Morgan fingerprint density at radius 2 is 1.81 bits per heavy atom. The lowest BCUT2D eigenvalue weighted by molar-refractivity contribution is -0.135. The molecule has 0 bridgehead atoms. The van der Waals surface area contributed by atoms with Crippen LogP contribution in [0.15, 0.2) is 24.3 Å². The van der Waals surface area contributed by atoms with Crippen LogP contribution in [0.2, 0.25) is 5.02 Å². The Labute approximate surface area is 161 Å². The van der Waals surface area contributed by atoms with Crippen LogP contribution in [-0.2, 0) is 4.79 Å². The molecule has 5 nitrogen and oxygen atoms in total. The number of halogens is 1. The molecular weight excluding hydrogens is 350 g/mol. The molecule has 1 aliphatic heterocycles. The fraction of sp³-hybridized carbons (Fsp3) is 0.600. The van der Waals surface area contributed by atoms with E-state index >= 15 is 0 Å². The maximum Gasteiger partial charge on any atom is 0.251 e. The largest absolute Gasteiger partial charge is 0.341 e. The Morgan fingerprint density at radius 1 is 1.19 bits per heavy atom. The van der Waals surface area contributed by atoms with Crippen LogP contribution in [0.4, 0.5) is 0 Å². The van der Waals surface area contributed by atoms with Crippen LogP contribution >= 0.6 is 11.6 Å². The Balaban J connectivity index is 1.95. The number of rotatable bonds is 7. The van der Waals surface area contributed by atoms with Gasteiger partial charge in [0.05, 0.1) is 0 Å². The monoisotopic (exact) mass is 379 g/mol. The summed E-state index contributed by atoms with van der Waals surface area (Å²) in [6.07, 6.45) is 2.02. The summed E-state index contributed by atoms with van der Waals surface area (Å²) in [4.78, 5) is 27.3. The molecule has 0 aliphatic carbocycles. The molecule has 0 saturated carbocycles. The first kappa shape index (κ1) is 20.7. The van der Waals surface area contributed by atoms with Crippen LogP contribution in [-0.4, -0.2) is 48.9 Å². The highest BCUT2D eigenvalue weighted by Gasteiger charge is 2.31. The first-order valence-electron chi connectivity index (χ1n) is 9.48. The number of amides is 2. The zero-order chi connectivity index (χ0) is 19.1. The van der Waals surface area contributed by atoms with E-state index in [9.17, 15) is 9.59 Å². The van der Waals surface area contributed by atoms with E-state index in [0.717, 1.165) is 39.0 Å². The highest BCUT2D eigenvalue weighted by atomic mass is 35.5. The third-order valence-corrected chi connectivity index (χ3v) is 5.19. The minimum absolute atomic E-state index is 0.0178. The third-order valence-electron chi connectivity index (χ3n) is 4.93. The van der Waals surface area contributed by atoms with Crippen molar-refractivity contribution in [2.24, 2.45) is 11.8 Å². The van der Waals surface area contributed by atoms with E-state index in [1.165, 1.54) is 0 Å². The lowest BCUT2D eigenvalue weighted by Crippen LogP contribution is -2.53. The van der Waals surface area contributed by atoms with Crippen molar-refractivity contribution in [3.05, 3.63) is 34.9 Å². The number of piperidine rings is 1. The number of carbonyl (C=O) groups excluding carboxylic acids is 2. The number of nitrogens with zero attached hydrogens (tertiary/aromatic N) is 1. The average molecular weight is 380 g/mol. The smallest absolute Gasteiger partial charge is 0.251 e. The summed E-state index contributed by atoms with van der Waals surface area (Å²) in [5, 5.41) is 6.87. The second-order valence-corrected chi connectivity index (χ2v) is 7.71. The van der Waals surface area contributed by atoms with E-state index in [1.54, 1.807) is 24.3 Å². The van der Waals surface area contributed by atoms with Crippen molar-refractivity contribution in [2.45, 2.75) is 39.7 Å². The molecule has 1 saturated heterocycles. The minimum Gasteiger partial charge on any atom is -0.341 e. The van der Waals surface area contributed by atoms with Crippen molar-refractivity contribution < 1.29 is 9.59 Å². The van der Waals surface area contributed by atoms with Crippen molar-refractivity contribution in [2.75, 3.05) is 26.2 Å². The summed E-state index contributed by atoms with van der Waals surface area (Å²) < 4.78 is 0. The van der Waals surface area contributed by atoms with Gasteiger partial charge in [0.25, 0.3) is 5.91 Å². The van der Waals surface area contributed by atoms with E-state index in [0.29, 0.717) is 16.5 Å². The van der Waals surface area contributed by atoms with Gasteiger partial charge < -0.3 is 15.5 Å². The van der Waals surface area contributed by atoms with Crippen molar-refractivity contribution in [3.63, 3.8) is 0 Å². The minimum atomic E-state index is -0.511. The molecule has 0 spiro atoms. The molecule has 2 N–H and O–H groups in total. The highest BCUT2D eigenvalue weighted by molar-refractivity contribution is 6.30. The van der Waals surface area contributed by atoms with Gasteiger partial charge in [-0.1, -0.05) is 32.4 Å². The van der Waals surface area contributed by atoms with Crippen molar-refractivity contribution in [1.29, 1.82) is 0 Å². The summed E-state index contributed by atoms with van der Waals surface area (Å²) in [5.41, 5.74) is 0.511.